The van der Waals surface area contributed by atoms with Gasteiger partial charge in [0.2, 0.25) is 11.8 Å². The minimum atomic E-state index is -1.11. The molecule has 1 aliphatic carbocycles. The van der Waals surface area contributed by atoms with Gasteiger partial charge in [-0.3, -0.25) is 9.59 Å². The van der Waals surface area contributed by atoms with E-state index in [1.807, 2.05) is 13.8 Å². The zero-order chi connectivity index (χ0) is 17.0. The number of rotatable bonds is 4. The second-order valence-electron chi connectivity index (χ2n) is 7.22. The summed E-state index contributed by atoms with van der Waals surface area (Å²) in [5.74, 6) is -1.47. The molecule has 1 saturated carbocycles. The molecule has 0 radical (unpaired) electrons. The number of carbonyl (C=O) groups is 3. The molecule has 1 atom stereocenters. The second kappa shape index (κ2) is 7.32. The summed E-state index contributed by atoms with van der Waals surface area (Å²) >= 11 is 0. The minimum Gasteiger partial charge on any atom is -0.480 e. The van der Waals surface area contributed by atoms with Crippen molar-refractivity contribution < 1.29 is 19.5 Å². The molecule has 0 spiro atoms. The Bertz CT molecular complexity index is 469. The molecular weight excluding hydrogens is 296 g/mol. The Morgan fingerprint density at radius 2 is 1.78 bits per heavy atom. The third-order valence-electron chi connectivity index (χ3n) is 5.08. The first-order valence-electron chi connectivity index (χ1n) is 8.70. The van der Waals surface area contributed by atoms with E-state index in [-0.39, 0.29) is 23.7 Å². The fraction of sp³-hybridized carbons (Fsp3) is 0.824. The molecule has 2 fully saturated rings. The molecule has 0 aromatic carbocycles. The molecule has 0 bridgehead atoms. The Hall–Kier alpha value is -1.59. The van der Waals surface area contributed by atoms with Gasteiger partial charge < -0.3 is 15.3 Å². The van der Waals surface area contributed by atoms with Gasteiger partial charge in [-0.15, -0.1) is 0 Å². The molecule has 130 valence electrons. The molecule has 6 nitrogen and oxygen atoms in total. The maximum Gasteiger partial charge on any atom is 0.329 e. The van der Waals surface area contributed by atoms with Crippen LogP contribution in [0.3, 0.4) is 0 Å². The van der Waals surface area contributed by atoms with Crippen molar-refractivity contribution in [2.24, 2.45) is 11.8 Å². The van der Waals surface area contributed by atoms with E-state index in [1.54, 1.807) is 4.90 Å². The average Bonchev–Trinajstić information content (AvgIpc) is 2.54. The SMILES string of the molecule is CC(C)C(=O)N1CCCC(C(=O)NC2(C(=O)O)CCCCC2)C1. The van der Waals surface area contributed by atoms with E-state index in [4.69, 9.17) is 0 Å². The van der Waals surface area contributed by atoms with Gasteiger partial charge in [0.25, 0.3) is 0 Å². The van der Waals surface area contributed by atoms with Gasteiger partial charge in [0.05, 0.1) is 5.92 Å². The number of carbonyl (C=O) groups excluding carboxylic acids is 2. The number of nitrogens with one attached hydrogen (secondary N) is 1. The number of likely N-dealkylation sites (tertiary alicyclic amines) is 1. The van der Waals surface area contributed by atoms with E-state index in [2.05, 4.69) is 5.32 Å². The quantitative estimate of drug-likeness (QED) is 0.825. The van der Waals surface area contributed by atoms with Crippen LogP contribution in [-0.4, -0.2) is 46.4 Å². The van der Waals surface area contributed by atoms with Crippen molar-refractivity contribution in [3.8, 4) is 0 Å². The Labute approximate surface area is 137 Å². The van der Waals surface area contributed by atoms with Crippen molar-refractivity contribution in [1.82, 2.24) is 10.2 Å². The predicted octanol–water partition coefficient (Wildman–Crippen LogP) is 1.78. The van der Waals surface area contributed by atoms with Crippen LogP contribution in [0.25, 0.3) is 0 Å². The molecule has 1 saturated heterocycles. The fourth-order valence-corrected chi connectivity index (χ4v) is 3.64. The second-order valence-corrected chi connectivity index (χ2v) is 7.22. The molecule has 2 rings (SSSR count). The Morgan fingerprint density at radius 3 is 2.35 bits per heavy atom. The first kappa shape index (κ1) is 17.8. The van der Waals surface area contributed by atoms with Gasteiger partial charge in [-0.05, 0) is 25.7 Å². The molecule has 1 unspecified atom stereocenters. The first-order valence-corrected chi connectivity index (χ1v) is 8.70. The van der Waals surface area contributed by atoms with Crippen LogP contribution < -0.4 is 5.32 Å². The highest BCUT2D eigenvalue weighted by molar-refractivity contribution is 5.89. The number of hydrogen-bond acceptors (Lipinski definition) is 3. The number of piperidine rings is 1. The zero-order valence-corrected chi connectivity index (χ0v) is 14.1. The lowest BCUT2D eigenvalue weighted by Crippen LogP contribution is -2.58. The Balaban J connectivity index is 2.01. The highest BCUT2D eigenvalue weighted by Crippen LogP contribution is 2.29. The van der Waals surface area contributed by atoms with Crippen molar-refractivity contribution >= 4 is 17.8 Å². The maximum absolute atomic E-state index is 12.6. The van der Waals surface area contributed by atoms with Gasteiger partial charge in [-0.25, -0.2) is 4.79 Å². The van der Waals surface area contributed by atoms with Crippen molar-refractivity contribution in [3.63, 3.8) is 0 Å². The summed E-state index contributed by atoms with van der Waals surface area (Å²) in [5.41, 5.74) is -1.11. The maximum atomic E-state index is 12.6. The lowest BCUT2D eigenvalue weighted by molar-refractivity contribution is -0.151. The van der Waals surface area contributed by atoms with Gasteiger partial charge in [-0.1, -0.05) is 33.1 Å². The van der Waals surface area contributed by atoms with Crippen molar-refractivity contribution in [1.29, 1.82) is 0 Å². The largest absolute Gasteiger partial charge is 0.480 e. The third-order valence-corrected chi connectivity index (χ3v) is 5.08. The van der Waals surface area contributed by atoms with Gasteiger partial charge in [0.1, 0.15) is 5.54 Å². The van der Waals surface area contributed by atoms with Crippen LogP contribution >= 0.6 is 0 Å². The summed E-state index contributed by atoms with van der Waals surface area (Å²) in [4.78, 5) is 38.1. The fourth-order valence-electron chi connectivity index (χ4n) is 3.64. The number of carboxylic acids is 1. The van der Waals surface area contributed by atoms with Crippen molar-refractivity contribution in [2.45, 2.75) is 64.3 Å². The topological polar surface area (TPSA) is 86.7 Å². The van der Waals surface area contributed by atoms with Gasteiger partial charge in [0.15, 0.2) is 0 Å². The molecule has 23 heavy (non-hydrogen) atoms. The molecule has 2 N–H and O–H groups in total. The third kappa shape index (κ3) is 4.03. The molecular formula is C17H28N2O4. The Morgan fingerprint density at radius 1 is 1.13 bits per heavy atom. The van der Waals surface area contributed by atoms with E-state index in [1.165, 1.54) is 0 Å². The van der Waals surface area contributed by atoms with Crippen LogP contribution in [0.1, 0.15) is 58.8 Å². The van der Waals surface area contributed by atoms with Gasteiger partial charge >= 0.3 is 5.97 Å². The summed E-state index contributed by atoms with van der Waals surface area (Å²) < 4.78 is 0. The zero-order valence-electron chi connectivity index (χ0n) is 14.1. The van der Waals surface area contributed by atoms with Crippen LogP contribution in [0.5, 0.6) is 0 Å². The summed E-state index contributed by atoms with van der Waals surface area (Å²) in [6, 6.07) is 0. The van der Waals surface area contributed by atoms with E-state index in [0.717, 1.165) is 25.7 Å². The number of amides is 2. The average molecular weight is 324 g/mol. The summed E-state index contributed by atoms with van der Waals surface area (Å²) in [5, 5.41) is 12.4. The number of hydrogen-bond donors (Lipinski definition) is 2. The smallest absolute Gasteiger partial charge is 0.329 e. The lowest BCUT2D eigenvalue weighted by Gasteiger charge is -2.38. The molecule has 1 aliphatic heterocycles. The highest BCUT2D eigenvalue weighted by Gasteiger charge is 2.42. The van der Waals surface area contributed by atoms with Gasteiger partial charge in [0, 0.05) is 19.0 Å². The number of carboxylic acid groups (broad SMARTS) is 1. The first-order chi connectivity index (χ1) is 10.9. The number of nitrogens with zero attached hydrogens (tertiary/aromatic N) is 1. The summed E-state index contributed by atoms with van der Waals surface area (Å²) in [7, 11) is 0. The highest BCUT2D eigenvalue weighted by atomic mass is 16.4. The molecule has 2 amide bonds. The molecule has 2 aliphatic rings. The summed E-state index contributed by atoms with van der Waals surface area (Å²) in [6.07, 6.45) is 5.17. The van der Waals surface area contributed by atoms with Gasteiger partial charge in [-0.2, -0.15) is 0 Å². The molecule has 6 heteroatoms. The van der Waals surface area contributed by atoms with Crippen molar-refractivity contribution in [3.05, 3.63) is 0 Å². The standard InChI is InChI=1S/C17H28N2O4/c1-12(2)15(21)19-10-6-7-13(11-19)14(20)18-17(16(22)23)8-4-3-5-9-17/h12-13H,3-11H2,1-2H3,(H,18,20)(H,22,23). The lowest BCUT2D eigenvalue weighted by atomic mass is 9.81. The number of aliphatic carboxylic acids is 1. The monoisotopic (exact) mass is 324 g/mol. The van der Waals surface area contributed by atoms with Crippen LogP contribution in [0.2, 0.25) is 0 Å². The molecule has 0 aromatic rings. The molecule has 1 heterocycles. The van der Waals surface area contributed by atoms with Crippen LogP contribution in [0.15, 0.2) is 0 Å². The van der Waals surface area contributed by atoms with Crippen LogP contribution in [0, 0.1) is 11.8 Å². The van der Waals surface area contributed by atoms with E-state index >= 15 is 0 Å². The Kier molecular flexibility index (Phi) is 5.65. The van der Waals surface area contributed by atoms with E-state index in [9.17, 15) is 19.5 Å². The van der Waals surface area contributed by atoms with E-state index in [0.29, 0.717) is 32.4 Å². The van der Waals surface area contributed by atoms with Crippen LogP contribution in [0.4, 0.5) is 0 Å². The van der Waals surface area contributed by atoms with E-state index < -0.39 is 11.5 Å². The molecule has 0 aromatic heterocycles. The van der Waals surface area contributed by atoms with Crippen molar-refractivity contribution in [2.75, 3.05) is 13.1 Å². The summed E-state index contributed by atoms with van der Waals surface area (Å²) in [6.45, 7) is 4.80. The predicted molar refractivity (Wildman–Crippen MR) is 85.7 cm³/mol. The normalized spacial score (nSPS) is 24.3. The van der Waals surface area contributed by atoms with Crippen LogP contribution in [-0.2, 0) is 14.4 Å². The minimum absolute atomic E-state index is 0.0631.